The first-order chi connectivity index (χ1) is 10.6. The zero-order valence-electron chi connectivity index (χ0n) is 12.0. The summed E-state index contributed by atoms with van der Waals surface area (Å²) >= 11 is 0. The van der Waals surface area contributed by atoms with Crippen LogP contribution >= 0.6 is 0 Å². The molecule has 0 spiro atoms. The van der Waals surface area contributed by atoms with Crippen LogP contribution in [0.2, 0.25) is 0 Å². The van der Waals surface area contributed by atoms with E-state index in [1.54, 1.807) is 49.6 Å². The lowest BCUT2D eigenvalue weighted by atomic mass is 10.2. The van der Waals surface area contributed by atoms with E-state index in [0.717, 1.165) is 0 Å². The largest absolute Gasteiger partial charge is 0.323 e. The number of fused-ring (bicyclic) bond motifs is 1. The van der Waals surface area contributed by atoms with Crippen molar-refractivity contribution in [3.8, 4) is 0 Å². The van der Waals surface area contributed by atoms with Crippen LogP contribution in [0.1, 0.15) is 5.82 Å². The van der Waals surface area contributed by atoms with Crippen molar-refractivity contribution in [3.63, 3.8) is 0 Å². The lowest BCUT2D eigenvalue weighted by Crippen LogP contribution is -2.30. The maximum absolute atomic E-state index is 12.5. The molecule has 1 amide bonds. The van der Waals surface area contributed by atoms with E-state index < -0.39 is 0 Å². The molecule has 0 unspecified atom stereocenters. The number of benzene rings is 1. The molecule has 0 saturated carbocycles. The zero-order valence-corrected chi connectivity index (χ0v) is 12.0. The molecule has 1 aromatic carbocycles. The number of amides is 1. The Kier molecular flexibility index (Phi) is 3.65. The van der Waals surface area contributed by atoms with Gasteiger partial charge < -0.3 is 5.32 Å². The average Bonchev–Trinajstić information content (AvgIpc) is 2.52. The zero-order chi connectivity index (χ0) is 15.5. The molecule has 2 heterocycles. The first-order valence-electron chi connectivity index (χ1n) is 6.81. The van der Waals surface area contributed by atoms with E-state index in [9.17, 15) is 9.59 Å². The lowest BCUT2D eigenvalue weighted by Gasteiger charge is -2.11. The summed E-state index contributed by atoms with van der Waals surface area (Å²) in [6.07, 6.45) is 3.17. The highest BCUT2D eigenvalue weighted by Gasteiger charge is 2.11. The summed E-state index contributed by atoms with van der Waals surface area (Å²) in [6.45, 7) is 1.63. The van der Waals surface area contributed by atoms with Gasteiger partial charge in [0.15, 0.2) is 0 Å². The molecule has 0 aliphatic rings. The minimum Gasteiger partial charge on any atom is -0.323 e. The molecule has 2 aromatic heterocycles. The fraction of sp³-hybridized carbons (Fsp3) is 0.125. The fourth-order valence-corrected chi connectivity index (χ4v) is 2.25. The molecule has 0 aliphatic carbocycles. The Morgan fingerprint density at radius 3 is 2.82 bits per heavy atom. The molecule has 0 radical (unpaired) electrons. The second-order valence-corrected chi connectivity index (χ2v) is 4.86. The third-order valence-corrected chi connectivity index (χ3v) is 3.30. The average molecular weight is 294 g/mol. The van der Waals surface area contributed by atoms with Crippen molar-refractivity contribution < 1.29 is 4.79 Å². The van der Waals surface area contributed by atoms with Gasteiger partial charge in [-0.15, -0.1) is 0 Å². The van der Waals surface area contributed by atoms with Gasteiger partial charge in [0, 0.05) is 6.20 Å². The highest BCUT2D eigenvalue weighted by molar-refractivity contribution is 5.90. The number of anilines is 1. The van der Waals surface area contributed by atoms with Crippen molar-refractivity contribution in [2.45, 2.75) is 13.5 Å². The standard InChI is InChI=1S/C16H14N4O2/c1-11-18-14-7-3-2-6-13(14)16(22)20(11)10-15(21)19-12-5-4-8-17-9-12/h2-9H,10H2,1H3,(H,19,21). The van der Waals surface area contributed by atoms with Crippen LogP contribution in [0.4, 0.5) is 5.69 Å². The number of nitrogens with zero attached hydrogens (tertiary/aromatic N) is 3. The van der Waals surface area contributed by atoms with Gasteiger partial charge >= 0.3 is 0 Å². The van der Waals surface area contributed by atoms with Gasteiger partial charge in [0.25, 0.3) is 5.56 Å². The quantitative estimate of drug-likeness (QED) is 0.798. The van der Waals surface area contributed by atoms with Gasteiger partial charge in [-0.1, -0.05) is 12.1 Å². The molecule has 0 fully saturated rings. The minimum absolute atomic E-state index is 0.0859. The first kappa shape index (κ1) is 13.9. The SMILES string of the molecule is Cc1nc2ccccc2c(=O)n1CC(=O)Nc1cccnc1. The Labute approximate surface area is 126 Å². The fourth-order valence-electron chi connectivity index (χ4n) is 2.25. The van der Waals surface area contributed by atoms with Crippen LogP contribution in [0.3, 0.4) is 0 Å². The van der Waals surface area contributed by atoms with Crippen molar-refractivity contribution in [2.75, 3.05) is 5.32 Å². The highest BCUT2D eigenvalue weighted by atomic mass is 16.2. The third kappa shape index (κ3) is 2.71. The Hall–Kier alpha value is -3.02. The summed E-state index contributed by atoms with van der Waals surface area (Å²) in [5.74, 6) is 0.209. The van der Waals surface area contributed by atoms with Crippen LogP contribution in [0.25, 0.3) is 10.9 Å². The van der Waals surface area contributed by atoms with Crippen molar-refractivity contribution in [2.24, 2.45) is 0 Å². The highest BCUT2D eigenvalue weighted by Crippen LogP contribution is 2.08. The number of hydrogen-bond acceptors (Lipinski definition) is 4. The Morgan fingerprint density at radius 1 is 1.23 bits per heavy atom. The molecular weight excluding hydrogens is 280 g/mol. The van der Waals surface area contributed by atoms with E-state index in [4.69, 9.17) is 0 Å². The maximum atomic E-state index is 12.5. The monoisotopic (exact) mass is 294 g/mol. The molecule has 6 heteroatoms. The molecule has 0 aliphatic heterocycles. The van der Waals surface area contributed by atoms with Gasteiger partial charge in [-0.05, 0) is 31.2 Å². The smallest absolute Gasteiger partial charge is 0.261 e. The minimum atomic E-state index is -0.296. The Morgan fingerprint density at radius 2 is 2.05 bits per heavy atom. The summed E-state index contributed by atoms with van der Waals surface area (Å²) in [5, 5.41) is 3.21. The van der Waals surface area contributed by atoms with Crippen LogP contribution in [0.5, 0.6) is 0 Å². The van der Waals surface area contributed by atoms with E-state index in [1.165, 1.54) is 4.57 Å². The van der Waals surface area contributed by atoms with Gasteiger partial charge in [-0.25, -0.2) is 4.98 Å². The van der Waals surface area contributed by atoms with Crippen LogP contribution in [0.15, 0.2) is 53.6 Å². The molecule has 3 rings (SSSR count). The van der Waals surface area contributed by atoms with Gasteiger partial charge in [-0.3, -0.25) is 19.1 Å². The van der Waals surface area contributed by atoms with Gasteiger partial charge in [0.2, 0.25) is 5.91 Å². The van der Waals surface area contributed by atoms with Crippen molar-refractivity contribution in [1.82, 2.24) is 14.5 Å². The molecule has 0 saturated heterocycles. The van der Waals surface area contributed by atoms with E-state index in [-0.39, 0.29) is 18.0 Å². The van der Waals surface area contributed by atoms with Crippen molar-refractivity contribution in [3.05, 3.63) is 65.0 Å². The number of carbonyl (C=O) groups is 1. The van der Waals surface area contributed by atoms with Crippen LogP contribution < -0.4 is 10.9 Å². The topological polar surface area (TPSA) is 76.9 Å². The normalized spacial score (nSPS) is 10.6. The number of nitrogens with one attached hydrogen (secondary N) is 1. The summed E-state index contributed by atoms with van der Waals surface area (Å²) in [6, 6.07) is 10.6. The number of aryl methyl sites for hydroxylation is 1. The number of pyridine rings is 1. The van der Waals surface area contributed by atoms with Gasteiger partial charge in [0.05, 0.1) is 22.8 Å². The molecule has 0 atom stereocenters. The van der Waals surface area contributed by atoms with E-state index in [0.29, 0.717) is 22.4 Å². The van der Waals surface area contributed by atoms with Crippen LogP contribution in [0, 0.1) is 6.92 Å². The predicted octanol–water partition coefficient (Wildman–Crippen LogP) is 1.74. The molecule has 22 heavy (non-hydrogen) atoms. The summed E-state index contributed by atoms with van der Waals surface area (Å²) in [7, 11) is 0. The second-order valence-electron chi connectivity index (χ2n) is 4.86. The Bertz CT molecular complexity index is 888. The first-order valence-corrected chi connectivity index (χ1v) is 6.81. The molecular formula is C16H14N4O2. The molecule has 110 valence electrons. The number of para-hydroxylation sites is 1. The van der Waals surface area contributed by atoms with E-state index >= 15 is 0 Å². The number of hydrogen-bond donors (Lipinski definition) is 1. The van der Waals surface area contributed by atoms with Gasteiger partial charge in [0.1, 0.15) is 12.4 Å². The number of rotatable bonds is 3. The Balaban J connectivity index is 1.91. The molecule has 0 bridgehead atoms. The lowest BCUT2D eigenvalue weighted by molar-refractivity contribution is -0.116. The summed E-state index contributed by atoms with van der Waals surface area (Å²) in [5.41, 5.74) is 1.00. The van der Waals surface area contributed by atoms with E-state index in [1.807, 2.05) is 6.07 Å². The van der Waals surface area contributed by atoms with Crippen LogP contribution in [-0.2, 0) is 11.3 Å². The van der Waals surface area contributed by atoms with Crippen molar-refractivity contribution in [1.29, 1.82) is 0 Å². The summed E-state index contributed by atoms with van der Waals surface area (Å²) in [4.78, 5) is 32.9. The number of aromatic nitrogens is 3. The predicted molar refractivity (Wildman–Crippen MR) is 83.6 cm³/mol. The van der Waals surface area contributed by atoms with E-state index in [2.05, 4.69) is 15.3 Å². The molecule has 1 N–H and O–H groups in total. The third-order valence-electron chi connectivity index (χ3n) is 3.30. The van der Waals surface area contributed by atoms with Crippen molar-refractivity contribution >= 4 is 22.5 Å². The molecule has 6 nitrogen and oxygen atoms in total. The summed E-state index contributed by atoms with van der Waals surface area (Å²) < 4.78 is 1.37. The maximum Gasteiger partial charge on any atom is 0.261 e. The number of carbonyl (C=O) groups excluding carboxylic acids is 1. The van der Waals surface area contributed by atoms with Gasteiger partial charge in [-0.2, -0.15) is 0 Å². The molecule has 3 aromatic rings. The second kappa shape index (κ2) is 5.77. The van der Waals surface area contributed by atoms with Crippen LogP contribution in [-0.4, -0.2) is 20.4 Å².